The normalized spacial score (nSPS) is 10.4. The number of anilines is 1. The zero-order chi connectivity index (χ0) is 20.2. The number of benzene rings is 2. The lowest BCUT2D eigenvalue weighted by atomic mass is 10.1. The molecule has 28 heavy (non-hydrogen) atoms. The van der Waals surface area contributed by atoms with E-state index < -0.39 is 0 Å². The lowest BCUT2D eigenvalue weighted by Crippen LogP contribution is -2.12. The molecule has 0 unspecified atom stereocenters. The Morgan fingerprint density at radius 3 is 2.36 bits per heavy atom. The number of rotatable bonds is 12. The summed E-state index contributed by atoms with van der Waals surface area (Å²) in [5, 5.41) is 2.92. The summed E-state index contributed by atoms with van der Waals surface area (Å²) in [7, 11) is 3.21. The van der Waals surface area contributed by atoms with Gasteiger partial charge in [-0.3, -0.25) is 4.79 Å². The summed E-state index contributed by atoms with van der Waals surface area (Å²) in [4.78, 5) is 12.2. The molecule has 1 amide bonds. The Labute approximate surface area is 168 Å². The smallest absolute Gasteiger partial charge is 0.224 e. The van der Waals surface area contributed by atoms with Crippen LogP contribution in [0.3, 0.4) is 0 Å². The van der Waals surface area contributed by atoms with Gasteiger partial charge in [-0.05, 0) is 54.8 Å². The van der Waals surface area contributed by atoms with Crippen LogP contribution in [0.4, 0.5) is 5.69 Å². The number of nitrogens with one attached hydrogen (secondary N) is 1. The molecule has 0 aliphatic rings. The molecule has 0 atom stereocenters. The minimum Gasteiger partial charge on any atom is -0.494 e. The average molecular weight is 386 g/mol. The highest BCUT2D eigenvalue weighted by atomic mass is 16.5. The summed E-state index contributed by atoms with van der Waals surface area (Å²) >= 11 is 0. The van der Waals surface area contributed by atoms with Crippen LogP contribution in [0.1, 0.15) is 44.6 Å². The molecule has 1 N–H and O–H groups in total. The second-order valence-corrected chi connectivity index (χ2v) is 6.67. The van der Waals surface area contributed by atoms with Gasteiger partial charge in [0.2, 0.25) is 5.91 Å². The lowest BCUT2D eigenvalue weighted by molar-refractivity contribution is -0.116. The van der Waals surface area contributed by atoms with E-state index in [0.717, 1.165) is 30.0 Å². The van der Waals surface area contributed by atoms with Gasteiger partial charge in [-0.25, -0.2) is 0 Å². The average Bonchev–Trinajstić information content (AvgIpc) is 2.73. The van der Waals surface area contributed by atoms with Crippen LogP contribution in [-0.2, 0) is 11.2 Å². The molecule has 2 aromatic carbocycles. The van der Waals surface area contributed by atoms with Crippen molar-refractivity contribution >= 4 is 11.6 Å². The second kappa shape index (κ2) is 11.9. The van der Waals surface area contributed by atoms with Crippen LogP contribution in [0.5, 0.6) is 17.2 Å². The molecule has 152 valence electrons. The Morgan fingerprint density at radius 2 is 1.68 bits per heavy atom. The predicted octanol–water partition coefficient (Wildman–Crippen LogP) is 5.23. The van der Waals surface area contributed by atoms with Crippen molar-refractivity contribution < 1.29 is 19.0 Å². The summed E-state index contributed by atoms with van der Waals surface area (Å²) in [6, 6.07) is 13.2. The van der Waals surface area contributed by atoms with Gasteiger partial charge in [0.15, 0.2) is 11.5 Å². The van der Waals surface area contributed by atoms with Crippen molar-refractivity contribution in [3.8, 4) is 17.2 Å². The molecule has 2 aromatic rings. The summed E-state index contributed by atoms with van der Waals surface area (Å²) in [5.41, 5.74) is 1.80. The van der Waals surface area contributed by atoms with Crippen molar-refractivity contribution in [1.82, 2.24) is 0 Å². The Kier molecular flexibility index (Phi) is 9.19. The number of carbonyl (C=O) groups is 1. The Morgan fingerprint density at radius 1 is 0.929 bits per heavy atom. The van der Waals surface area contributed by atoms with E-state index in [9.17, 15) is 4.79 Å². The summed E-state index contributed by atoms with van der Waals surface area (Å²) in [6.45, 7) is 2.93. The number of unbranched alkanes of at least 4 members (excludes halogenated alkanes) is 3. The van der Waals surface area contributed by atoms with Crippen molar-refractivity contribution in [2.45, 2.75) is 45.4 Å². The molecule has 5 heteroatoms. The molecular formula is C23H31NO4. The highest BCUT2D eigenvalue weighted by Crippen LogP contribution is 2.28. The molecule has 0 fully saturated rings. The predicted molar refractivity (Wildman–Crippen MR) is 113 cm³/mol. The largest absolute Gasteiger partial charge is 0.494 e. The van der Waals surface area contributed by atoms with E-state index in [2.05, 4.69) is 12.2 Å². The van der Waals surface area contributed by atoms with Crippen molar-refractivity contribution in [3.63, 3.8) is 0 Å². The molecule has 0 radical (unpaired) electrons. The zero-order valence-corrected chi connectivity index (χ0v) is 17.1. The van der Waals surface area contributed by atoms with E-state index in [1.807, 2.05) is 42.5 Å². The minimum absolute atomic E-state index is 0.0250. The number of ether oxygens (including phenoxy) is 3. The fourth-order valence-corrected chi connectivity index (χ4v) is 2.87. The minimum atomic E-state index is -0.0250. The molecule has 0 heterocycles. The van der Waals surface area contributed by atoms with Crippen LogP contribution in [-0.4, -0.2) is 26.7 Å². The van der Waals surface area contributed by atoms with Crippen molar-refractivity contribution in [3.05, 3.63) is 48.0 Å². The van der Waals surface area contributed by atoms with Crippen molar-refractivity contribution in [2.24, 2.45) is 0 Å². The van der Waals surface area contributed by atoms with Crippen LogP contribution < -0.4 is 19.5 Å². The van der Waals surface area contributed by atoms with Crippen LogP contribution >= 0.6 is 0 Å². The van der Waals surface area contributed by atoms with Crippen LogP contribution in [0.2, 0.25) is 0 Å². The maximum Gasteiger partial charge on any atom is 0.224 e. The van der Waals surface area contributed by atoms with Crippen LogP contribution in [0, 0.1) is 0 Å². The van der Waals surface area contributed by atoms with Crippen LogP contribution in [0.15, 0.2) is 42.5 Å². The molecular weight excluding hydrogens is 354 g/mol. The van der Waals surface area contributed by atoms with Gasteiger partial charge in [-0.1, -0.05) is 32.3 Å². The Bertz CT molecular complexity index is 728. The van der Waals surface area contributed by atoms with Gasteiger partial charge in [0.1, 0.15) is 5.75 Å². The van der Waals surface area contributed by atoms with E-state index in [4.69, 9.17) is 14.2 Å². The van der Waals surface area contributed by atoms with E-state index in [0.29, 0.717) is 24.3 Å². The Hall–Kier alpha value is -2.69. The fraction of sp³-hybridized carbons (Fsp3) is 0.435. The zero-order valence-electron chi connectivity index (χ0n) is 17.1. The standard InChI is InChI=1S/C23H31NO4/c1-4-5-6-7-16-28-20-12-10-19(11-13-20)24-23(25)15-9-18-8-14-21(26-2)22(17-18)27-3/h8,10-14,17H,4-7,9,15-16H2,1-3H3,(H,24,25). The highest BCUT2D eigenvalue weighted by Gasteiger charge is 2.07. The molecule has 5 nitrogen and oxygen atoms in total. The third-order valence-corrected chi connectivity index (χ3v) is 4.49. The Balaban J connectivity index is 1.77. The number of hydrogen-bond donors (Lipinski definition) is 1. The SMILES string of the molecule is CCCCCCOc1ccc(NC(=O)CCc2ccc(OC)c(OC)c2)cc1. The third kappa shape index (κ3) is 7.14. The first-order valence-electron chi connectivity index (χ1n) is 9.90. The van der Waals surface area contributed by atoms with Crippen LogP contribution in [0.25, 0.3) is 0 Å². The molecule has 0 saturated carbocycles. The quantitative estimate of drug-likeness (QED) is 0.508. The molecule has 0 saturated heterocycles. The number of amides is 1. The number of aryl methyl sites for hydroxylation is 1. The van der Waals surface area contributed by atoms with E-state index in [-0.39, 0.29) is 5.91 Å². The number of carbonyl (C=O) groups excluding carboxylic acids is 1. The highest BCUT2D eigenvalue weighted by molar-refractivity contribution is 5.90. The van der Waals surface area contributed by atoms with E-state index >= 15 is 0 Å². The van der Waals surface area contributed by atoms with Gasteiger partial charge < -0.3 is 19.5 Å². The van der Waals surface area contributed by atoms with Gasteiger partial charge >= 0.3 is 0 Å². The van der Waals surface area contributed by atoms with Crippen molar-refractivity contribution in [2.75, 3.05) is 26.1 Å². The topological polar surface area (TPSA) is 56.8 Å². The summed E-state index contributed by atoms with van der Waals surface area (Å²) < 4.78 is 16.3. The molecule has 0 bridgehead atoms. The maximum absolute atomic E-state index is 12.2. The molecule has 0 spiro atoms. The summed E-state index contributed by atoms with van der Waals surface area (Å²) in [5.74, 6) is 2.16. The van der Waals surface area contributed by atoms with Gasteiger partial charge in [-0.15, -0.1) is 0 Å². The van der Waals surface area contributed by atoms with Gasteiger partial charge in [0.05, 0.1) is 20.8 Å². The first-order chi connectivity index (χ1) is 13.7. The second-order valence-electron chi connectivity index (χ2n) is 6.67. The number of hydrogen-bond acceptors (Lipinski definition) is 4. The van der Waals surface area contributed by atoms with Gasteiger partial charge in [0, 0.05) is 12.1 Å². The monoisotopic (exact) mass is 385 g/mol. The van der Waals surface area contributed by atoms with Gasteiger partial charge in [0.25, 0.3) is 0 Å². The van der Waals surface area contributed by atoms with Gasteiger partial charge in [-0.2, -0.15) is 0 Å². The summed E-state index contributed by atoms with van der Waals surface area (Å²) in [6.07, 6.45) is 5.77. The molecule has 0 aliphatic heterocycles. The van der Waals surface area contributed by atoms with E-state index in [1.54, 1.807) is 14.2 Å². The fourth-order valence-electron chi connectivity index (χ4n) is 2.87. The maximum atomic E-state index is 12.2. The molecule has 0 aliphatic carbocycles. The number of methoxy groups -OCH3 is 2. The molecule has 0 aromatic heterocycles. The van der Waals surface area contributed by atoms with E-state index in [1.165, 1.54) is 19.3 Å². The molecule has 2 rings (SSSR count). The lowest BCUT2D eigenvalue weighted by Gasteiger charge is -2.10. The first kappa shape index (κ1) is 21.6. The first-order valence-corrected chi connectivity index (χ1v) is 9.90. The third-order valence-electron chi connectivity index (χ3n) is 4.49. The van der Waals surface area contributed by atoms with Crippen molar-refractivity contribution in [1.29, 1.82) is 0 Å².